The SMILES string of the molecule is CCCN(C)C(=O)OCc1c(-c2ccc(OC3COCC(C(=O)O)C3)c(C)n2)nnn1C. The van der Waals surface area contributed by atoms with Gasteiger partial charge in [0, 0.05) is 27.1 Å². The van der Waals surface area contributed by atoms with E-state index in [1.54, 1.807) is 37.8 Å². The highest BCUT2D eigenvalue weighted by Gasteiger charge is 2.29. The summed E-state index contributed by atoms with van der Waals surface area (Å²) in [5.41, 5.74) is 2.32. The maximum Gasteiger partial charge on any atom is 0.409 e. The zero-order chi connectivity index (χ0) is 23.3. The number of carboxylic acid groups (broad SMARTS) is 1. The van der Waals surface area contributed by atoms with Crippen molar-refractivity contribution in [3.63, 3.8) is 0 Å². The van der Waals surface area contributed by atoms with E-state index in [9.17, 15) is 14.7 Å². The van der Waals surface area contributed by atoms with Crippen LogP contribution in [0.4, 0.5) is 4.79 Å². The Morgan fingerprint density at radius 3 is 2.81 bits per heavy atom. The van der Waals surface area contributed by atoms with Crippen molar-refractivity contribution < 1.29 is 28.9 Å². The molecule has 2 unspecified atom stereocenters. The summed E-state index contributed by atoms with van der Waals surface area (Å²) in [5.74, 6) is -0.922. The number of amides is 1. The van der Waals surface area contributed by atoms with Gasteiger partial charge in [0.15, 0.2) is 0 Å². The van der Waals surface area contributed by atoms with Gasteiger partial charge < -0.3 is 24.2 Å². The van der Waals surface area contributed by atoms with Crippen LogP contribution in [0.3, 0.4) is 0 Å². The average molecular weight is 447 g/mol. The number of rotatable bonds is 8. The van der Waals surface area contributed by atoms with Gasteiger partial charge in [-0.05, 0) is 25.5 Å². The van der Waals surface area contributed by atoms with E-state index in [1.807, 2.05) is 6.92 Å². The molecule has 0 aromatic carbocycles. The molecule has 11 heteroatoms. The summed E-state index contributed by atoms with van der Waals surface area (Å²) in [5, 5.41) is 17.4. The molecule has 2 aromatic heterocycles. The van der Waals surface area contributed by atoms with Crippen molar-refractivity contribution in [3.8, 4) is 17.1 Å². The van der Waals surface area contributed by atoms with Gasteiger partial charge in [-0.1, -0.05) is 12.1 Å². The first-order chi connectivity index (χ1) is 15.3. The van der Waals surface area contributed by atoms with E-state index in [2.05, 4.69) is 15.3 Å². The smallest absolute Gasteiger partial charge is 0.409 e. The number of carboxylic acids is 1. The minimum absolute atomic E-state index is 0.0146. The van der Waals surface area contributed by atoms with E-state index in [4.69, 9.17) is 14.2 Å². The maximum atomic E-state index is 12.1. The van der Waals surface area contributed by atoms with E-state index < -0.39 is 18.0 Å². The van der Waals surface area contributed by atoms with Crippen LogP contribution in [-0.4, -0.2) is 75.0 Å². The molecule has 2 atom stereocenters. The van der Waals surface area contributed by atoms with Gasteiger partial charge in [-0.25, -0.2) is 14.5 Å². The summed E-state index contributed by atoms with van der Waals surface area (Å²) in [6, 6.07) is 3.51. The first-order valence-electron chi connectivity index (χ1n) is 10.5. The molecular weight excluding hydrogens is 418 g/mol. The second-order valence-electron chi connectivity index (χ2n) is 7.81. The van der Waals surface area contributed by atoms with Gasteiger partial charge in [0.25, 0.3) is 0 Å². The van der Waals surface area contributed by atoms with Gasteiger partial charge >= 0.3 is 12.1 Å². The quantitative estimate of drug-likeness (QED) is 0.646. The molecule has 0 spiro atoms. The van der Waals surface area contributed by atoms with Gasteiger partial charge in [0.2, 0.25) is 0 Å². The third kappa shape index (κ3) is 5.52. The fourth-order valence-corrected chi connectivity index (χ4v) is 3.44. The first kappa shape index (κ1) is 23.5. The van der Waals surface area contributed by atoms with Crippen LogP contribution in [0.15, 0.2) is 12.1 Å². The van der Waals surface area contributed by atoms with Crippen molar-refractivity contribution in [2.24, 2.45) is 13.0 Å². The summed E-state index contributed by atoms with van der Waals surface area (Å²) in [6.07, 6.45) is 0.443. The van der Waals surface area contributed by atoms with Gasteiger partial charge in [0.1, 0.15) is 29.8 Å². The average Bonchev–Trinajstić information content (AvgIpc) is 3.14. The first-order valence-corrected chi connectivity index (χ1v) is 10.5. The second kappa shape index (κ2) is 10.4. The Morgan fingerprint density at radius 2 is 2.12 bits per heavy atom. The molecule has 0 aliphatic carbocycles. The van der Waals surface area contributed by atoms with Crippen LogP contribution >= 0.6 is 0 Å². The van der Waals surface area contributed by atoms with Crippen LogP contribution < -0.4 is 4.74 Å². The molecule has 3 rings (SSSR count). The molecule has 1 fully saturated rings. The number of hydrogen-bond acceptors (Lipinski definition) is 8. The predicted octanol–water partition coefficient (Wildman–Crippen LogP) is 2.03. The summed E-state index contributed by atoms with van der Waals surface area (Å²) < 4.78 is 18.3. The minimum atomic E-state index is -0.889. The van der Waals surface area contributed by atoms with Crippen molar-refractivity contribution >= 4 is 12.1 Å². The fraction of sp³-hybridized carbons (Fsp3) is 0.571. The second-order valence-corrected chi connectivity index (χ2v) is 7.81. The molecule has 1 N–H and O–H groups in total. The van der Waals surface area contributed by atoms with Crippen LogP contribution in [0.25, 0.3) is 11.4 Å². The van der Waals surface area contributed by atoms with Gasteiger partial charge in [-0.3, -0.25) is 4.79 Å². The van der Waals surface area contributed by atoms with Crippen LogP contribution in [0.5, 0.6) is 5.75 Å². The van der Waals surface area contributed by atoms with Crippen LogP contribution in [0.1, 0.15) is 31.2 Å². The molecule has 0 radical (unpaired) electrons. The van der Waals surface area contributed by atoms with E-state index in [0.29, 0.717) is 48.1 Å². The van der Waals surface area contributed by atoms with Crippen molar-refractivity contribution in [3.05, 3.63) is 23.5 Å². The monoisotopic (exact) mass is 447 g/mol. The Labute approximate surface area is 186 Å². The minimum Gasteiger partial charge on any atom is -0.486 e. The number of carbonyl (C=O) groups excluding carboxylic acids is 1. The Balaban J connectivity index is 1.71. The Hall–Kier alpha value is -3.21. The number of aromatic nitrogens is 4. The third-order valence-corrected chi connectivity index (χ3v) is 5.24. The molecule has 0 saturated carbocycles. The molecular formula is C21H29N5O6. The van der Waals surface area contributed by atoms with Gasteiger partial charge in [-0.2, -0.15) is 0 Å². The normalized spacial score (nSPS) is 18.2. The van der Waals surface area contributed by atoms with E-state index in [1.165, 1.54) is 4.90 Å². The third-order valence-electron chi connectivity index (χ3n) is 5.24. The molecule has 1 amide bonds. The summed E-state index contributed by atoms with van der Waals surface area (Å²) >= 11 is 0. The lowest BCUT2D eigenvalue weighted by molar-refractivity contribution is -0.149. The lowest BCUT2D eigenvalue weighted by Crippen LogP contribution is -2.37. The van der Waals surface area contributed by atoms with E-state index >= 15 is 0 Å². The molecule has 2 aromatic rings. The van der Waals surface area contributed by atoms with Crippen molar-refractivity contribution in [1.29, 1.82) is 0 Å². The number of nitrogens with zero attached hydrogens (tertiary/aromatic N) is 5. The number of carbonyl (C=O) groups is 2. The topological polar surface area (TPSA) is 129 Å². The lowest BCUT2D eigenvalue weighted by atomic mass is 10.0. The number of aliphatic carboxylic acids is 1. The number of aryl methyl sites for hydroxylation is 2. The molecule has 3 heterocycles. The maximum absolute atomic E-state index is 12.1. The van der Waals surface area contributed by atoms with Crippen molar-refractivity contribution in [1.82, 2.24) is 24.9 Å². The van der Waals surface area contributed by atoms with Gasteiger partial charge in [0.05, 0.1) is 30.5 Å². The molecule has 174 valence electrons. The Morgan fingerprint density at radius 1 is 1.34 bits per heavy atom. The van der Waals surface area contributed by atoms with E-state index in [-0.39, 0.29) is 19.3 Å². The van der Waals surface area contributed by atoms with Crippen LogP contribution in [-0.2, 0) is 27.9 Å². The van der Waals surface area contributed by atoms with Crippen molar-refractivity contribution in [2.45, 2.75) is 39.4 Å². The lowest BCUT2D eigenvalue weighted by Gasteiger charge is -2.27. The van der Waals surface area contributed by atoms with E-state index in [0.717, 1.165) is 6.42 Å². The van der Waals surface area contributed by atoms with Gasteiger partial charge in [-0.15, -0.1) is 5.10 Å². The van der Waals surface area contributed by atoms with Crippen LogP contribution in [0, 0.1) is 12.8 Å². The Kier molecular flexibility index (Phi) is 7.62. The summed E-state index contributed by atoms with van der Waals surface area (Å²) in [6.45, 7) is 4.93. The summed E-state index contributed by atoms with van der Waals surface area (Å²) in [7, 11) is 3.41. The summed E-state index contributed by atoms with van der Waals surface area (Å²) in [4.78, 5) is 29.4. The van der Waals surface area contributed by atoms with Crippen molar-refractivity contribution in [2.75, 3.05) is 26.8 Å². The highest BCUT2D eigenvalue weighted by Crippen LogP contribution is 2.27. The zero-order valence-corrected chi connectivity index (χ0v) is 18.8. The molecule has 32 heavy (non-hydrogen) atoms. The molecule has 1 saturated heterocycles. The predicted molar refractivity (Wildman–Crippen MR) is 113 cm³/mol. The molecule has 1 aliphatic rings. The fourth-order valence-electron chi connectivity index (χ4n) is 3.44. The highest BCUT2D eigenvalue weighted by atomic mass is 16.6. The number of pyridine rings is 1. The van der Waals surface area contributed by atoms with Crippen LogP contribution in [0.2, 0.25) is 0 Å². The number of hydrogen-bond donors (Lipinski definition) is 1. The standard InChI is InChI=1S/C21H29N5O6/c1-5-8-25(3)21(29)31-12-17-19(23-24-26(17)4)16-6-7-18(13(2)22-16)32-15-9-14(20(27)28)10-30-11-15/h6-7,14-15H,5,8-12H2,1-4H3,(H,27,28). The number of ether oxygens (including phenoxy) is 3. The molecule has 11 nitrogen and oxygen atoms in total. The molecule has 1 aliphatic heterocycles. The molecule has 0 bridgehead atoms. The zero-order valence-electron chi connectivity index (χ0n) is 18.8. The largest absolute Gasteiger partial charge is 0.486 e. The highest BCUT2D eigenvalue weighted by molar-refractivity contribution is 5.70. The Bertz CT molecular complexity index is 962.